The minimum atomic E-state index is -0.292. The van der Waals surface area contributed by atoms with Gasteiger partial charge in [-0.3, -0.25) is 9.79 Å². The van der Waals surface area contributed by atoms with E-state index in [1.807, 2.05) is 18.4 Å². The Labute approximate surface area is 191 Å². The fraction of sp³-hybridized carbons (Fsp3) is 0.333. The minimum absolute atomic E-state index is 0.00842. The van der Waals surface area contributed by atoms with Crippen molar-refractivity contribution in [1.29, 1.82) is 0 Å². The Kier molecular flexibility index (Phi) is 5.77. The second kappa shape index (κ2) is 9.01. The lowest BCUT2D eigenvalue weighted by Crippen LogP contribution is -2.45. The third-order valence-corrected chi connectivity index (χ3v) is 6.30. The molecule has 172 valence electrons. The van der Waals surface area contributed by atoms with Gasteiger partial charge in [0.05, 0.1) is 12.1 Å². The largest absolute Gasteiger partial charge is 0.507 e. The third-order valence-electron chi connectivity index (χ3n) is 6.30. The lowest BCUT2D eigenvalue weighted by atomic mass is 9.97. The van der Waals surface area contributed by atoms with Crippen LogP contribution in [-0.4, -0.2) is 54.5 Å². The Morgan fingerprint density at radius 2 is 2.21 bits per heavy atom. The van der Waals surface area contributed by atoms with E-state index in [1.165, 1.54) is 6.07 Å². The molecule has 4 aliphatic heterocycles. The average Bonchev–Trinajstić information content (AvgIpc) is 3.28. The van der Waals surface area contributed by atoms with Crippen LogP contribution in [-0.2, 0) is 0 Å². The number of allylic oxidation sites excluding steroid dienone is 2. The first-order valence-corrected chi connectivity index (χ1v) is 11.2. The normalized spacial score (nSPS) is 26.2. The number of rotatable bonds is 4. The van der Waals surface area contributed by atoms with E-state index in [9.17, 15) is 14.3 Å². The molecule has 1 saturated heterocycles. The van der Waals surface area contributed by atoms with E-state index in [0.717, 1.165) is 24.0 Å². The standard InChI is InChI=1S/C24H27FN6O2/c25-19-13-29-22(18-12-28-21-16(18)7-3-9-26-21)30-23(19)27-11-15-5-4-10-31(14-15)24(33)17-6-1-2-8-20(17)32/h1-3,6-9,12,15,21,26-27,29-30,32H,4-5,10-11,13-14H2/t15-,21?/m1/s1. The molecule has 0 aromatic heterocycles. The van der Waals surface area contributed by atoms with Crippen LogP contribution in [0.1, 0.15) is 23.2 Å². The van der Waals surface area contributed by atoms with Gasteiger partial charge < -0.3 is 31.3 Å². The first-order chi connectivity index (χ1) is 16.1. The van der Waals surface area contributed by atoms with Gasteiger partial charge in [-0.2, -0.15) is 0 Å². The van der Waals surface area contributed by atoms with Gasteiger partial charge in [0.15, 0.2) is 5.83 Å². The number of nitrogens with one attached hydrogen (secondary N) is 4. The molecule has 2 atom stereocenters. The van der Waals surface area contributed by atoms with E-state index in [1.54, 1.807) is 29.3 Å². The molecule has 1 fully saturated rings. The Morgan fingerprint density at radius 1 is 1.33 bits per heavy atom. The number of para-hydroxylation sites is 1. The first kappa shape index (κ1) is 21.1. The van der Waals surface area contributed by atoms with Crippen LogP contribution in [0.3, 0.4) is 0 Å². The van der Waals surface area contributed by atoms with Gasteiger partial charge in [0.2, 0.25) is 0 Å². The highest BCUT2D eigenvalue weighted by Crippen LogP contribution is 2.26. The number of halogens is 1. The molecule has 0 radical (unpaired) electrons. The van der Waals surface area contributed by atoms with Crippen molar-refractivity contribution in [2.45, 2.75) is 19.0 Å². The summed E-state index contributed by atoms with van der Waals surface area (Å²) >= 11 is 0. The molecule has 0 aliphatic carbocycles. The number of aromatic hydroxyl groups is 1. The second-order valence-electron chi connectivity index (χ2n) is 8.53. The number of hydrogen-bond donors (Lipinski definition) is 5. The molecule has 0 bridgehead atoms. The van der Waals surface area contributed by atoms with Crippen LogP contribution in [0.4, 0.5) is 4.39 Å². The van der Waals surface area contributed by atoms with Gasteiger partial charge in [-0.05, 0) is 43.2 Å². The lowest BCUT2D eigenvalue weighted by Gasteiger charge is -2.34. The SMILES string of the molecule is O=C(c1ccccc1O)N1CCC[C@H](CNC2=C(F)CNC(=C3C=NC4NC=CC=C34)N2)C1. The van der Waals surface area contributed by atoms with E-state index in [-0.39, 0.29) is 36.1 Å². The van der Waals surface area contributed by atoms with Gasteiger partial charge >= 0.3 is 0 Å². The Bertz CT molecular complexity index is 1110. The topological polar surface area (TPSA) is 101 Å². The van der Waals surface area contributed by atoms with E-state index in [0.29, 0.717) is 36.8 Å². The maximum absolute atomic E-state index is 14.6. The fourth-order valence-corrected chi connectivity index (χ4v) is 4.55. The molecule has 4 heterocycles. The summed E-state index contributed by atoms with van der Waals surface area (Å²) in [5, 5.41) is 22.7. The van der Waals surface area contributed by atoms with Gasteiger partial charge in [-0.25, -0.2) is 4.39 Å². The van der Waals surface area contributed by atoms with E-state index in [4.69, 9.17) is 0 Å². The number of benzene rings is 1. The van der Waals surface area contributed by atoms with Crippen molar-refractivity contribution in [3.05, 3.63) is 76.8 Å². The number of phenols is 1. The summed E-state index contributed by atoms with van der Waals surface area (Å²) in [6.07, 6.45) is 9.26. The number of carbonyl (C=O) groups is 1. The summed E-state index contributed by atoms with van der Waals surface area (Å²) in [7, 11) is 0. The summed E-state index contributed by atoms with van der Waals surface area (Å²) in [5.74, 6) is 0.763. The summed E-state index contributed by atoms with van der Waals surface area (Å²) in [4.78, 5) is 19.1. The van der Waals surface area contributed by atoms with Gasteiger partial charge in [-0.15, -0.1) is 0 Å². The molecule has 0 saturated carbocycles. The number of carbonyl (C=O) groups excluding carboxylic acids is 1. The number of dihydropyridines is 1. The molecule has 8 nitrogen and oxygen atoms in total. The maximum Gasteiger partial charge on any atom is 0.257 e. The number of amides is 1. The Morgan fingerprint density at radius 3 is 3.09 bits per heavy atom. The molecule has 1 unspecified atom stereocenters. The molecule has 5 rings (SSSR count). The average molecular weight is 451 g/mol. The summed E-state index contributed by atoms with van der Waals surface area (Å²) < 4.78 is 14.6. The molecular formula is C24H27FN6O2. The molecule has 1 aromatic rings. The van der Waals surface area contributed by atoms with Gasteiger partial charge in [0.1, 0.15) is 23.6 Å². The predicted molar refractivity (Wildman–Crippen MR) is 124 cm³/mol. The molecule has 1 aromatic carbocycles. The summed E-state index contributed by atoms with van der Waals surface area (Å²) in [6, 6.07) is 6.60. The number of nitrogens with zero attached hydrogens (tertiary/aromatic N) is 2. The van der Waals surface area contributed by atoms with Gasteiger partial charge in [0, 0.05) is 37.0 Å². The van der Waals surface area contributed by atoms with Gasteiger partial charge in [-0.1, -0.05) is 18.2 Å². The van der Waals surface area contributed by atoms with E-state index in [2.05, 4.69) is 26.3 Å². The van der Waals surface area contributed by atoms with E-state index >= 15 is 0 Å². The molecule has 5 N–H and O–H groups in total. The van der Waals surface area contributed by atoms with Crippen LogP contribution in [0, 0.1) is 5.92 Å². The number of piperidine rings is 1. The van der Waals surface area contributed by atoms with Gasteiger partial charge in [0.25, 0.3) is 5.91 Å². The zero-order chi connectivity index (χ0) is 22.8. The van der Waals surface area contributed by atoms with Crippen molar-refractivity contribution < 1.29 is 14.3 Å². The van der Waals surface area contributed by atoms with Crippen molar-refractivity contribution in [1.82, 2.24) is 26.2 Å². The molecular weight excluding hydrogens is 423 g/mol. The first-order valence-electron chi connectivity index (χ1n) is 11.2. The summed E-state index contributed by atoms with van der Waals surface area (Å²) in [5.41, 5.74) is 2.24. The smallest absolute Gasteiger partial charge is 0.257 e. The highest BCUT2D eigenvalue weighted by atomic mass is 19.1. The van der Waals surface area contributed by atoms with Crippen LogP contribution in [0.25, 0.3) is 0 Å². The number of aliphatic imine (C=N–C) groups is 1. The fourth-order valence-electron chi connectivity index (χ4n) is 4.55. The molecule has 9 heteroatoms. The van der Waals surface area contributed by atoms with Crippen molar-refractivity contribution in [2.75, 3.05) is 26.2 Å². The van der Waals surface area contributed by atoms with Crippen molar-refractivity contribution in [3.8, 4) is 5.75 Å². The number of likely N-dealkylation sites (tertiary alicyclic amines) is 1. The maximum atomic E-state index is 14.6. The van der Waals surface area contributed by atoms with Crippen molar-refractivity contribution in [3.63, 3.8) is 0 Å². The molecule has 0 spiro atoms. The Balaban J connectivity index is 1.23. The van der Waals surface area contributed by atoms with Crippen molar-refractivity contribution >= 4 is 12.1 Å². The number of fused-ring (bicyclic) bond motifs is 1. The zero-order valence-corrected chi connectivity index (χ0v) is 18.1. The molecule has 33 heavy (non-hydrogen) atoms. The monoisotopic (exact) mass is 450 g/mol. The van der Waals surface area contributed by atoms with Crippen LogP contribution in [0.5, 0.6) is 5.75 Å². The van der Waals surface area contributed by atoms with Crippen LogP contribution >= 0.6 is 0 Å². The molecule has 4 aliphatic rings. The highest BCUT2D eigenvalue weighted by Gasteiger charge is 2.29. The highest BCUT2D eigenvalue weighted by molar-refractivity contribution is 5.96. The lowest BCUT2D eigenvalue weighted by molar-refractivity contribution is 0.0671. The number of phenolic OH excluding ortho intramolecular Hbond substituents is 1. The quantitative estimate of drug-likeness (QED) is 0.480. The van der Waals surface area contributed by atoms with E-state index < -0.39 is 0 Å². The second-order valence-corrected chi connectivity index (χ2v) is 8.53. The zero-order valence-electron chi connectivity index (χ0n) is 18.1. The summed E-state index contributed by atoms with van der Waals surface area (Å²) in [6.45, 7) is 1.83. The Hall–Kier alpha value is -3.75. The van der Waals surface area contributed by atoms with Crippen molar-refractivity contribution in [2.24, 2.45) is 10.9 Å². The molecule has 1 amide bonds. The minimum Gasteiger partial charge on any atom is -0.507 e. The van der Waals surface area contributed by atoms with Crippen LogP contribution < -0.4 is 21.3 Å². The third kappa shape index (κ3) is 4.30. The van der Waals surface area contributed by atoms with Crippen LogP contribution in [0.15, 0.2) is 76.2 Å². The predicted octanol–water partition coefficient (Wildman–Crippen LogP) is 1.83. The number of hydrogen-bond acceptors (Lipinski definition) is 7. The van der Waals surface area contributed by atoms with Crippen LogP contribution in [0.2, 0.25) is 0 Å².